The lowest BCUT2D eigenvalue weighted by atomic mass is 9.85. The third-order valence-electron chi connectivity index (χ3n) is 5.88. The average molecular weight is 279 g/mol. The van der Waals surface area contributed by atoms with E-state index < -0.39 is 0 Å². The highest BCUT2D eigenvalue weighted by atomic mass is 16.3. The molecule has 0 aromatic carbocycles. The fourth-order valence-electron chi connectivity index (χ4n) is 4.94. The zero-order valence-electron chi connectivity index (χ0n) is 12.8. The van der Waals surface area contributed by atoms with Crippen molar-refractivity contribution >= 4 is 5.91 Å². The minimum absolute atomic E-state index is 0.287. The molecule has 3 aliphatic rings. The molecule has 0 radical (unpaired) electrons. The molecule has 1 N–H and O–H groups in total. The van der Waals surface area contributed by atoms with Crippen LogP contribution in [0.2, 0.25) is 0 Å². The molecule has 3 nitrogen and oxygen atoms in total. The van der Waals surface area contributed by atoms with Crippen molar-refractivity contribution in [2.45, 2.75) is 76.9 Å². The van der Waals surface area contributed by atoms with Gasteiger partial charge in [-0.05, 0) is 69.6 Å². The van der Waals surface area contributed by atoms with Crippen molar-refractivity contribution in [3.8, 4) is 0 Å². The predicted molar refractivity (Wildman–Crippen MR) is 79.2 cm³/mol. The SMILES string of the molecule is CC(O)CC1CCCCN1C(=O)CC1CC2CCC1C2. The smallest absolute Gasteiger partial charge is 0.223 e. The van der Waals surface area contributed by atoms with Gasteiger partial charge in [0.2, 0.25) is 5.91 Å². The van der Waals surface area contributed by atoms with E-state index in [1.54, 1.807) is 0 Å². The largest absolute Gasteiger partial charge is 0.393 e. The third-order valence-corrected chi connectivity index (χ3v) is 5.88. The Morgan fingerprint density at radius 3 is 2.75 bits per heavy atom. The molecule has 3 heteroatoms. The molecule has 0 aromatic rings. The lowest BCUT2D eigenvalue weighted by Gasteiger charge is -2.37. The Balaban J connectivity index is 1.57. The van der Waals surface area contributed by atoms with Crippen molar-refractivity contribution < 1.29 is 9.90 Å². The number of hydrogen-bond donors (Lipinski definition) is 1. The van der Waals surface area contributed by atoms with Crippen LogP contribution in [0, 0.1) is 17.8 Å². The Morgan fingerprint density at radius 1 is 1.25 bits per heavy atom. The molecule has 0 spiro atoms. The second-order valence-corrected chi connectivity index (χ2v) is 7.46. The van der Waals surface area contributed by atoms with Crippen LogP contribution in [0.15, 0.2) is 0 Å². The van der Waals surface area contributed by atoms with E-state index in [2.05, 4.69) is 4.90 Å². The lowest BCUT2D eigenvalue weighted by Crippen LogP contribution is -2.45. The van der Waals surface area contributed by atoms with E-state index in [4.69, 9.17) is 0 Å². The maximum Gasteiger partial charge on any atom is 0.223 e. The first-order valence-electron chi connectivity index (χ1n) is 8.61. The van der Waals surface area contributed by atoms with Gasteiger partial charge in [0.1, 0.15) is 0 Å². The quantitative estimate of drug-likeness (QED) is 0.859. The summed E-state index contributed by atoms with van der Waals surface area (Å²) >= 11 is 0. The summed E-state index contributed by atoms with van der Waals surface area (Å²) in [5.74, 6) is 2.79. The Morgan fingerprint density at radius 2 is 2.10 bits per heavy atom. The molecule has 114 valence electrons. The molecular formula is C17H29NO2. The first-order valence-corrected chi connectivity index (χ1v) is 8.61. The number of amides is 1. The van der Waals surface area contributed by atoms with Crippen LogP contribution in [0.25, 0.3) is 0 Å². The van der Waals surface area contributed by atoms with Gasteiger partial charge < -0.3 is 10.0 Å². The minimum Gasteiger partial charge on any atom is -0.393 e. The van der Waals surface area contributed by atoms with E-state index in [1.165, 1.54) is 32.1 Å². The molecular weight excluding hydrogens is 250 g/mol. The predicted octanol–water partition coefficient (Wildman–Crippen LogP) is 2.96. The van der Waals surface area contributed by atoms with Crippen LogP contribution in [0.4, 0.5) is 0 Å². The summed E-state index contributed by atoms with van der Waals surface area (Å²) in [6.07, 6.45) is 10.1. The normalized spacial score (nSPS) is 38.2. The summed E-state index contributed by atoms with van der Waals surface area (Å²) in [5.41, 5.74) is 0. The Labute approximate surface area is 122 Å². The number of carbonyl (C=O) groups excluding carboxylic acids is 1. The summed E-state index contributed by atoms with van der Waals surface area (Å²) in [6, 6.07) is 0.287. The molecule has 20 heavy (non-hydrogen) atoms. The highest BCUT2D eigenvalue weighted by Crippen LogP contribution is 2.49. The van der Waals surface area contributed by atoms with E-state index in [9.17, 15) is 9.90 Å². The van der Waals surface area contributed by atoms with Crippen molar-refractivity contribution in [2.24, 2.45) is 17.8 Å². The first-order chi connectivity index (χ1) is 9.63. The van der Waals surface area contributed by atoms with E-state index in [0.29, 0.717) is 11.8 Å². The Bertz CT molecular complexity index is 355. The number of carbonyl (C=O) groups is 1. The number of rotatable bonds is 4. The molecule has 3 fully saturated rings. The van der Waals surface area contributed by atoms with Crippen molar-refractivity contribution in [3.63, 3.8) is 0 Å². The summed E-state index contributed by atoms with van der Waals surface area (Å²) < 4.78 is 0. The zero-order valence-corrected chi connectivity index (χ0v) is 12.8. The first kappa shape index (κ1) is 14.4. The van der Waals surface area contributed by atoms with Gasteiger partial charge in [0.05, 0.1) is 6.10 Å². The summed E-state index contributed by atoms with van der Waals surface area (Å²) in [7, 11) is 0. The van der Waals surface area contributed by atoms with Crippen LogP contribution < -0.4 is 0 Å². The minimum atomic E-state index is -0.295. The third kappa shape index (κ3) is 3.03. The molecule has 0 aromatic heterocycles. The van der Waals surface area contributed by atoms with E-state index in [1.807, 2.05) is 6.92 Å². The molecule has 1 heterocycles. The van der Waals surface area contributed by atoms with Crippen LogP contribution >= 0.6 is 0 Å². The number of fused-ring (bicyclic) bond motifs is 2. The molecule has 1 amide bonds. The topological polar surface area (TPSA) is 40.5 Å². The van der Waals surface area contributed by atoms with Crippen LogP contribution in [0.5, 0.6) is 0 Å². The highest BCUT2D eigenvalue weighted by molar-refractivity contribution is 5.77. The van der Waals surface area contributed by atoms with Gasteiger partial charge in [-0.15, -0.1) is 0 Å². The van der Waals surface area contributed by atoms with Gasteiger partial charge in [0.15, 0.2) is 0 Å². The average Bonchev–Trinajstić information content (AvgIpc) is 3.00. The Hall–Kier alpha value is -0.570. The van der Waals surface area contributed by atoms with Crippen molar-refractivity contribution in [1.29, 1.82) is 0 Å². The second kappa shape index (κ2) is 6.05. The van der Waals surface area contributed by atoms with Gasteiger partial charge in [-0.3, -0.25) is 4.79 Å². The van der Waals surface area contributed by atoms with Crippen LogP contribution in [-0.2, 0) is 4.79 Å². The van der Waals surface area contributed by atoms with Gasteiger partial charge in [0.25, 0.3) is 0 Å². The molecule has 3 rings (SSSR count). The fourth-order valence-corrected chi connectivity index (χ4v) is 4.94. The molecule has 5 atom stereocenters. The van der Waals surface area contributed by atoms with E-state index in [-0.39, 0.29) is 12.1 Å². The number of likely N-dealkylation sites (tertiary alicyclic amines) is 1. The Kier molecular flexibility index (Phi) is 4.34. The fraction of sp³-hybridized carbons (Fsp3) is 0.941. The molecule has 5 unspecified atom stereocenters. The van der Waals surface area contributed by atoms with Gasteiger partial charge in [-0.25, -0.2) is 0 Å². The van der Waals surface area contributed by atoms with Gasteiger partial charge in [-0.2, -0.15) is 0 Å². The van der Waals surface area contributed by atoms with E-state index in [0.717, 1.165) is 44.1 Å². The van der Waals surface area contributed by atoms with Crippen molar-refractivity contribution in [2.75, 3.05) is 6.54 Å². The second-order valence-electron chi connectivity index (χ2n) is 7.46. The highest BCUT2D eigenvalue weighted by Gasteiger charge is 2.41. The zero-order chi connectivity index (χ0) is 14.1. The molecule has 2 saturated carbocycles. The lowest BCUT2D eigenvalue weighted by molar-refractivity contribution is -0.137. The van der Waals surface area contributed by atoms with Gasteiger partial charge in [0, 0.05) is 19.0 Å². The van der Waals surface area contributed by atoms with Crippen molar-refractivity contribution in [1.82, 2.24) is 4.90 Å². The van der Waals surface area contributed by atoms with Gasteiger partial charge in [-0.1, -0.05) is 6.42 Å². The molecule has 1 saturated heterocycles. The monoisotopic (exact) mass is 279 g/mol. The standard InChI is InChI=1S/C17H29NO2/c1-12(19)8-16-4-2-3-7-18(16)17(20)11-15-10-13-5-6-14(15)9-13/h12-16,19H,2-11H2,1H3. The summed E-state index contributed by atoms with van der Waals surface area (Å²) in [4.78, 5) is 14.8. The number of aliphatic hydroxyl groups excluding tert-OH is 1. The van der Waals surface area contributed by atoms with Gasteiger partial charge >= 0.3 is 0 Å². The van der Waals surface area contributed by atoms with Crippen molar-refractivity contribution in [3.05, 3.63) is 0 Å². The number of piperidine rings is 1. The van der Waals surface area contributed by atoms with Crippen LogP contribution in [-0.4, -0.2) is 34.6 Å². The molecule has 2 bridgehead atoms. The van der Waals surface area contributed by atoms with Crippen LogP contribution in [0.1, 0.15) is 64.7 Å². The number of aliphatic hydroxyl groups is 1. The molecule has 1 aliphatic heterocycles. The maximum atomic E-state index is 12.7. The van der Waals surface area contributed by atoms with E-state index >= 15 is 0 Å². The van der Waals surface area contributed by atoms with Crippen LogP contribution in [0.3, 0.4) is 0 Å². The number of nitrogens with zero attached hydrogens (tertiary/aromatic N) is 1. The number of hydrogen-bond acceptors (Lipinski definition) is 2. The molecule has 2 aliphatic carbocycles. The maximum absolute atomic E-state index is 12.7. The summed E-state index contributed by atoms with van der Waals surface area (Å²) in [6.45, 7) is 2.75. The summed E-state index contributed by atoms with van der Waals surface area (Å²) in [5, 5.41) is 9.64.